The summed E-state index contributed by atoms with van der Waals surface area (Å²) in [7, 11) is 0. The van der Waals surface area contributed by atoms with Crippen LogP contribution in [0.2, 0.25) is 0 Å². The number of carbonyl (C=O) groups is 1. The van der Waals surface area contributed by atoms with E-state index >= 15 is 0 Å². The van der Waals surface area contributed by atoms with E-state index in [-0.39, 0.29) is 5.41 Å². The summed E-state index contributed by atoms with van der Waals surface area (Å²) in [5.74, 6) is 1.63. The number of fused-ring (bicyclic) bond motifs is 1. The van der Waals surface area contributed by atoms with Crippen LogP contribution in [0, 0.1) is 17.3 Å². The van der Waals surface area contributed by atoms with E-state index in [4.69, 9.17) is 0 Å². The molecule has 2 rings (SSSR count). The molecule has 1 nitrogen and oxygen atoms in total. The Hall–Kier alpha value is -0.590. The lowest BCUT2D eigenvalue weighted by Crippen LogP contribution is -2.17. The van der Waals surface area contributed by atoms with Crippen LogP contribution in [0.25, 0.3) is 0 Å². The highest BCUT2D eigenvalue weighted by Gasteiger charge is 2.51. The lowest BCUT2D eigenvalue weighted by molar-refractivity contribution is -0.118. The molecule has 0 spiro atoms. The van der Waals surface area contributed by atoms with Crippen molar-refractivity contribution in [1.82, 2.24) is 0 Å². The van der Waals surface area contributed by atoms with Gasteiger partial charge in [0.25, 0.3) is 0 Å². The summed E-state index contributed by atoms with van der Waals surface area (Å²) in [6.07, 6.45) is 2.67. The van der Waals surface area contributed by atoms with Gasteiger partial charge in [-0.15, -0.1) is 0 Å². The van der Waals surface area contributed by atoms with E-state index in [9.17, 15) is 4.79 Å². The molecule has 12 heavy (non-hydrogen) atoms. The van der Waals surface area contributed by atoms with Crippen LogP contribution in [0.15, 0.2) is 12.2 Å². The van der Waals surface area contributed by atoms with Crippen LogP contribution in [-0.4, -0.2) is 5.78 Å². The fourth-order valence-corrected chi connectivity index (χ4v) is 3.08. The summed E-state index contributed by atoms with van der Waals surface area (Å²) in [5.41, 5.74) is 1.63. The van der Waals surface area contributed by atoms with Gasteiger partial charge in [0.05, 0.1) is 0 Å². The average molecular weight is 164 g/mol. The molecule has 2 aliphatic carbocycles. The number of ketones is 1. The molecule has 2 aliphatic rings. The van der Waals surface area contributed by atoms with Crippen molar-refractivity contribution >= 4 is 5.78 Å². The van der Waals surface area contributed by atoms with Crippen molar-refractivity contribution in [2.75, 3.05) is 0 Å². The van der Waals surface area contributed by atoms with Gasteiger partial charge in [0.15, 0.2) is 0 Å². The van der Waals surface area contributed by atoms with Gasteiger partial charge in [-0.2, -0.15) is 0 Å². The van der Waals surface area contributed by atoms with Gasteiger partial charge in [-0.05, 0) is 23.7 Å². The molecule has 0 amide bonds. The van der Waals surface area contributed by atoms with Gasteiger partial charge in [0.1, 0.15) is 5.78 Å². The van der Waals surface area contributed by atoms with Crippen molar-refractivity contribution in [3.05, 3.63) is 12.2 Å². The minimum Gasteiger partial charge on any atom is -0.300 e. The first kappa shape index (κ1) is 8.03. The highest BCUT2D eigenvalue weighted by atomic mass is 16.1. The van der Waals surface area contributed by atoms with E-state index in [0.717, 1.165) is 19.3 Å². The van der Waals surface area contributed by atoms with Gasteiger partial charge in [-0.3, -0.25) is 4.79 Å². The van der Waals surface area contributed by atoms with Crippen LogP contribution in [0.1, 0.15) is 33.1 Å². The molecule has 0 aliphatic heterocycles. The molecular formula is C11H16O. The van der Waals surface area contributed by atoms with Crippen molar-refractivity contribution in [2.45, 2.75) is 33.1 Å². The summed E-state index contributed by atoms with van der Waals surface area (Å²) in [4.78, 5) is 11.3. The molecule has 0 radical (unpaired) electrons. The summed E-state index contributed by atoms with van der Waals surface area (Å²) < 4.78 is 0. The van der Waals surface area contributed by atoms with Gasteiger partial charge in [0, 0.05) is 12.8 Å². The molecule has 3 atom stereocenters. The van der Waals surface area contributed by atoms with E-state index in [1.165, 1.54) is 5.57 Å². The van der Waals surface area contributed by atoms with Crippen LogP contribution >= 0.6 is 0 Å². The Morgan fingerprint density at radius 2 is 2.17 bits per heavy atom. The van der Waals surface area contributed by atoms with E-state index in [1.54, 1.807) is 0 Å². The predicted octanol–water partition coefficient (Wildman–Crippen LogP) is 2.57. The molecule has 1 heteroatoms. The topological polar surface area (TPSA) is 17.1 Å². The quantitative estimate of drug-likeness (QED) is 0.503. The number of rotatable bonds is 0. The minimum atomic E-state index is 0.271. The van der Waals surface area contributed by atoms with E-state index in [0.29, 0.717) is 17.6 Å². The Morgan fingerprint density at radius 3 is 2.75 bits per heavy atom. The lowest BCUT2D eigenvalue weighted by Gasteiger charge is -2.23. The van der Waals surface area contributed by atoms with Crippen LogP contribution in [0.4, 0.5) is 0 Å². The molecule has 0 heterocycles. The number of allylic oxidation sites excluding steroid dienone is 1. The first-order valence-corrected chi connectivity index (χ1v) is 4.72. The Balaban J connectivity index is 2.31. The number of Topliss-reactive ketones (excluding diaryl/α,β-unsaturated/α-hetero) is 1. The Bertz CT molecular complexity index is 254. The first-order chi connectivity index (χ1) is 5.53. The van der Waals surface area contributed by atoms with Crippen LogP contribution in [0.3, 0.4) is 0 Å². The second kappa shape index (κ2) is 2.21. The zero-order chi connectivity index (χ0) is 8.93. The fourth-order valence-electron chi connectivity index (χ4n) is 3.08. The molecule has 0 saturated heterocycles. The molecular weight excluding hydrogens is 148 g/mol. The fraction of sp³-hybridized carbons (Fsp3) is 0.727. The average Bonchev–Trinajstić information content (AvgIpc) is 2.31. The normalized spacial score (nSPS) is 46.8. The van der Waals surface area contributed by atoms with E-state index < -0.39 is 0 Å². The van der Waals surface area contributed by atoms with E-state index in [2.05, 4.69) is 20.4 Å². The molecule has 2 saturated carbocycles. The van der Waals surface area contributed by atoms with Crippen molar-refractivity contribution < 1.29 is 4.79 Å². The number of hydrogen-bond acceptors (Lipinski definition) is 1. The van der Waals surface area contributed by atoms with Gasteiger partial charge in [0.2, 0.25) is 0 Å². The summed E-state index contributed by atoms with van der Waals surface area (Å²) in [6, 6.07) is 0. The highest BCUT2D eigenvalue weighted by molar-refractivity contribution is 5.82. The molecule has 2 fully saturated rings. The third kappa shape index (κ3) is 0.886. The largest absolute Gasteiger partial charge is 0.300 e. The maximum Gasteiger partial charge on any atom is 0.133 e. The maximum atomic E-state index is 11.3. The van der Waals surface area contributed by atoms with Gasteiger partial charge >= 0.3 is 0 Å². The molecule has 0 aromatic carbocycles. The van der Waals surface area contributed by atoms with Gasteiger partial charge < -0.3 is 0 Å². The smallest absolute Gasteiger partial charge is 0.133 e. The van der Waals surface area contributed by atoms with Crippen molar-refractivity contribution in [1.29, 1.82) is 0 Å². The van der Waals surface area contributed by atoms with Crippen molar-refractivity contribution in [3.63, 3.8) is 0 Å². The van der Waals surface area contributed by atoms with Crippen molar-refractivity contribution in [2.24, 2.45) is 17.3 Å². The van der Waals surface area contributed by atoms with Gasteiger partial charge in [-0.1, -0.05) is 26.0 Å². The molecule has 0 aromatic rings. The standard InChI is InChI=1S/C11H16O/c1-7-5-11(3)6-9(12)4-10(11)8(7)2/h8,10H,1,4-6H2,2-3H3. The predicted molar refractivity (Wildman–Crippen MR) is 48.8 cm³/mol. The Labute approximate surface area is 73.8 Å². The van der Waals surface area contributed by atoms with Gasteiger partial charge in [-0.25, -0.2) is 0 Å². The highest BCUT2D eigenvalue weighted by Crippen LogP contribution is 2.56. The zero-order valence-corrected chi connectivity index (χ0v) is 7.89. The molecule has 3 unspecified atom stereocenters. The zero-order valence-electron chi connectivity index (χ0n) is 7.89. The number of hydrogen-bond donors (Lipinski definition) is 0. The summed E-state index contributed by atoms with van der Waals surface area (Å²) in [5, 5.41) is 0. The molecule has 66 valence electrons. The second-order valence-electron chi connectivity index (χ2n) is 4.80. The molecule has 0 aromatic heterocycles. The molecule has 0 bridgehead atoms. The van der Waals surface area contributed by atoms with Crippen LogP contribution in [-0.2, 0) is 4.79 Å². The Kier molecular flexibility index (Phi) is 1.48. The Morgan fingerprint density at radius 1 is 1.50 bits per heavy atom. The van der Waals surface area contributed by atoms with Crippen LogP contribution < -0.4 is 0 Å². The van der Waals surface area contributed by atoms with E-state index in [1.807, 2.05) is 0 Å². The first-order valence-electron chi connectivity index (χ1n) is 4.72. The lowest BCUT2D eigenvalue weighted by atomic mass is 9.80. The summed E-state index contributed by atoms with van der Waals surface area (Å²) >= 11 is 0. The SMILES string of the molecule is C=C1CC2(C)CC(=O)CC2C1C. The third-order valence-electron chi connectivity index (χ3n) is 3.82. The summed E-state index contributed by atoms with van der Waals surface area (Å²) in [6.45, 7) is 8.54. The van der Waals surface area contributed by atoms with Crippen LogP contribution in [0.5, 0.6) is 0 Å². The molecule has 0 N–H and O–H groups in total. The second-order valence-corrected chi connectivity index (χ2v) is 4.80. The maximum absolute atomic E-state index is 11.3. The van der Waals surface area contributed by atoms with Crippen molar-refractivity contribution in [3.8, 4) is 0 Å². The minimum absolute atomic E-state index is 0.271. The monoisotopic (exact) mass is 164 g/mol. The third-order valence-corrected chi connectivity index (χ3v) is 3.82. The number of carbonyl (C=O) groups excluding carboxylic acids is 1.